The van der Waals surface area contributed by atoms with Gasteiger partial charge in [0.05, 0.1) is 12.2 Å². The molecule has 2 amide bonds. The molecule has 6 nitrogen and oxygen atoms in total. The largest absolute Gasteiger partial charge is 0.490 e. The van der Waals surface area contributed by atoms with E-state index in [2.05, 4.69) is 0 Å². The number of rotatable bonds is 8. The van der Waals surface area contributed by atoms with Gasteiger partial charge in [-0.1, -0.05) is 24.3 Å². The van der Waals surface area contributed by atoms with Gasteiger partial charge in [0.15, 0.2) is 0 Å². The van der Waals surface area contributed by atoms with Gasteiger partial charge in [-0.2, -0.15) is 0 Å². The van der Waals surface area contributed by atoms with Gasteiger partial charge < -0.3 is 19.4 Å². The van der Waals surface area contributed by atoms with Gasteiger partial charge in [-0.25, -0.2) is 4.39 Å². The number of anilines is 1. The number of ether oxygens (including phenoxy) is 1. The van der Waals surface area contributed by atoms with Crippen LogP contribution in [0.4, 0.5) is 10.1 Å². The van der Waals surface area contributed by atoms with Crippen LogP contribution in [0.1, 0.15) is 18.4 Å². The highest BCUT2D eigenvalue weighted by Crippen LogP contribution is 2.31. The minimum absolute atomic E-state index is 0.0870. The first-order valence-corrected chi connectivity index (χ1v) is 10.1. The second-order valence-electron chi connectivity index (χ2n) is 7.61. The van der Waals surface area contributed by atoms with Gasteiger partial charge in [-0.05, 0) is 43.9 Å². The summed E-state index contributed by atoms with van der Waals surface area (Å²) in [4.78, 5) is 31.1. The summed E-state index contributed by atoms with van der Waals surface area (Å²) < 4.78 is 18.8. The number of halogens is 1. The van der Waals surface area contributed by atoms with E-state index in [9.17, 15) is 14.0 Å². The van der Waals surface area contributed by atoms with E-state index >= 15 is 0 Å². The van der Waals surface area contributed by atoms with Crippen molar-refractivity contribution in [2.24, 2.45) is 0 Å². The van der Waals surface area contributed by atoms with Crippen molar-refractivity contribution in [3.05, 3.63) is 59.9 Å². The van der Waals surface area contributed by atoms with Crippen molar-refractivity contribution in [2.45, 2.75) is 19.4 Å². The maximum absolute atomic E-state index is 13.2. The van der Waals surface area contributed by atoms with Crippen LogP contribution in [-0.2, 0) is 16.1 Å². The lowest BCUT2D eigenvalue weighted by molar-refractivity contribution is -0.133. The molecule has 0 aliphatic carbocycles. The Morgan fingerprint density at radius 3 is 2.50 bits per heavy atom. The SMILES string of the molecule is CN(C)CCN(Cc1ccc(F)cc1)C(=O)CCC(=O)N1CCOc2ccccc21. The van der Waals surface area contributed by atoms with Crippen LogP contribution in [0.15, 0.2) is 48.5 Å². The van der Waals surface area contributed by atoms with E-state index in [4.69, 9.17) is 4.74 Å². The fourth-order valence-corrected chi connectivity index (χ4v) is 3.36. The first-order valence-electron chi connectivity index (χ1n) is 10.1. The molecular formula is C23H28FN3O3. The van der Waals surface area contributed by atoms with E-state index in [1.807, 2.05) is 43.3 Å². The molecule has 0 spiro atoms. The molecule has 0 unspecified atom stereocenters. The second-order valence-corrected chi connectivity index (χ2v) is 7.61. The van der Waals surface area contributed by atoms with Crippen LogP contribution in [-0.4, -0.2) is 62.0 Å². The third kappa shape index (κ3) is 5.79. The average Bonchev–Trinajstić information content (AvgIpc) is 2.75. The highest BCUT2D eigenvalue weighted by atomic mass is 19.1. The monoisotopic (exact) mass is 413 g/mol. The van der Waals surface area contributed by atoms with Gasteiger partial charge in [0.1, 0.15) is 18.2 Å². The summed E-state index contributed by atoms with van der Waals surface area (Å²) in [6.45, 7) is 2.55. The summed E-state index contributed by atoms with van der Waals surface area (Å²) in [6.07, 6.45) is 0.266. The lowest BCUT2D eigenvalue weighted by Gasteiger charge is -2.30. The van der Waals surface area contributed by atoms with Gasteiger partial charge in [0.2, 0.25) is 11.8 Å². The Balaban J connectivity index is 1.62. The fraction of sp³-hybridized carbons (Fsp3) is 0.391. The van der Waals surface area contributed by atoms with E-state index in [1.54, 1.807) is 21.9 Å². The van der Waals surface area contributed by atoms with Crippen molar-refractivity contribution >= 4 is 17.5 Å². The molecular weight excluding hydrogens is 385 g/mol. The van der Waals surface area contributed by atoms with Crippen LogP contribution in [0, 0.1) is 5.82 Å². The lowest BCUT2D eigenvalue weighted by atomic mass is 10.1. The summed E-state index contributed by atoms with van der Waals surface area (Å²) in [5.74, 6) is 0.207. The predicted octanol–water partition coefficient (Wildman–Crippen LogP) is 2.92. The molecule has 0 atom stereocenters. The topological polar surface area (TPSA) is 53.1 Å². The predicted molar refractivity (Wildman–Crippen MR) is 114 cm³/mol. The maximum atomic E-state index is 13.2. The Hall–Kier alpha value is -2.93. The van der Waals surface area contributed by atoms with Gasteiger partial charge in [-0.15, -0.1) is 0 Å². The number of carbonyl (C=O) groups is 2. The van der Waals surface area contributed by atoms with Crippen LogP contribution in [0.3, 0.4) is 0 Å². The summed E-state index contributed by atoms with van der Waals surface area (Å²) in [5.41, 5.74) is 1.61. The third-order valence-electron chi connectivity index (χ3n) is 5.04. The summed E-state index contributed by atoms with van der Waals surface area (Å²) in [7, 11) is 3.89. The molecule has 7 heteroatoms. The lowest BCUT2D eigenvalue weighted by Crippen LogP contribution is -2.39. The third-order valence-corrected chi connectivity index (χ3v) is 5.04. The molecule has 1 heterocycles. The van der Waals surface area contributed by atoms with Gasteiger partial charge >= 0.3 is 0 Å². The van der Waals surface area contributed by atoms with Crippen LogP contribution >= 0.6 is 0 Å². The Bertz CT molecular complexity index is 870. The average molecular weight is 413 g/mol. The molecule has 2 aromatic carbocycles. The molecule has 1 aliphatic heterocycles. The molecule has 0 radical (unpaired) electrons. The summed E-state index contributed by atoms with van der Waals surface area (Å²) in [5, 5.41) is 0. The first-order chi connectivity index (χ1) is 14.4. The van der Waals surface area contributed by atoms with Crippen molar-refractivity contribution < 1.29 is 18.7 Å². The Labute approximate surface area is 176 Å². The van der Waals surface area contributed by atoms with E-state index in [0.29, 0.717) is 38.5 Å². The van der Waals surface area contributed by atoms with E-state index < -0.39 is 0 Å². The molecule has 0 bridgehead atoms. The quantitative estimate of drug-likeness (QED) is 0.668. The second kappa shape index (κ2) is 10.2. The normalized spacial score (nSPS) is 13.0. The smallest absolute Gasteiger partial charge is 0.227 e. The van der Waals surface area contributed by atoms with Crippen LogP contribution < -0.4 is 9.64 Å². The zero-order valence-electron chi connectivity index (χ0n) is 17.5. The van der Waals surface area contributed by atoms with Crippen LogP contribution in [0.2, 0.25) is 0 Å². The number of fused-ring (bicyclic) bond motifs is 1. The maximum Gasteiger partial charge on any atom is 0.227 e. The number of benzene rings is 2. The van der Waals surface area contributed by atoms with Gasteiger partial charge in [0.25, 0.3) is 0 Å². The molecule has 0 saturated heterocycles. The van der Waals surface area contributed by atoms with E-state index in [0.717, 1.165) is 11.3 Å². The van der Waals surface area contributed by atoms with E-state index in [1.165, 1.54) is 12.1 Å². The fourth-order valence-electron chi connectivity index (χ4n) is 3.36. The first kappa shape index (κ1) is 21.8. The number of nitrogens with zero attached hydrogens (tertiary/aromatic N) is 3. The van der Waals surface area contributed by atoms with Gasteiger partial charge in [0, 0.05) is 32.5 Å². The van der Waals surface area contributed by atoms with Crippen LogP contribution in [0.5, 0.6) is 5.75 Å². The molecule has 0 fully saturated rings. The standard InChI is InChI=1S/C23H28FN3O3/c1-25(2)13-14-26(17-18-7-9-19(24)10-8-18)22(28)11-12-23(29)27-15-16-30-21-6-4-3-5-20(21)27/h3-10H,11-17H2,1-2H3. The summed E-state index contributed by atoms with van der Waals surface area (Å²) in [6, 6.07) is 13.6. The number of amides is 2. The number of hydrogen-bond donors (Lipinski definition) is 0. The Kier molecular flexibility index (Phi) is 7.41. The molecule has 3 rings (SSSR count). The van der Waals surface area contributed by atoms with Crippen molar-refractivity contribution in [2.75, 3.05) is 45.2 Å². The Morgan fingerprint density at radius 2 is 1.77 bits per heavy atom. The van der Waals surface area contributed by atoms with Crippen molar-refractivity contribution in [3.8, 4) is 5.75 Å². The molecule has 30 heavy (non-hydrogen) atoms. The minimum atomic E-state index is -0.304. The van der Waals surface area contributed by atoms with Gasteiger partial charge in [-0.3, -0.25) is 9.59 Å². The molecule has 1 aliphatic rings. The van der Waals surface area contributed by atoms with Crippen LogP contribution in [0.25, 0.3) is 0 Å². The Morgan fingerprint density at radius 1 is 1.03 bits per heavy atom. The van der Waals surface area contributed by atoms with Crippen molar-refractivity contribution in [3.63, 3.8) is 0 Å². The minimum Gasteiger partial charge on any atom is -0.490 e. The number of carbonyl (C=O) groups excluding carboxylic acids is 2. The molecule has 2 aromatic rings. The molecule has 0 N–H and O–H groups in total. The van der Waals surface area contributed by atoms with Crippen molar-refractivity contribution in [1.82, 2.24) is 9.80 Å². The number of para-hydroxylation sites is 2. The summed E-state index contributed by atoms with van der Waals surface area (Å²) >= 11 is 0. The van der Waals surface area contributed by atoms with Crippen molar-refractivity contribution in [1.29, 1.82) is 0 Å². The molecule has 160 valence electrons. The zero-order valence-corrected chi connectivity index (χ0v) is 17.5. The van der Waals surface area contributed by atoms with E-state index in [-0.39, 0.29) is 30.5 Å². The number of hydrogen-bond acceptors (Lipinski definition) is 4. The molecule has 0 saturated carbocycles. The zero-order chi connectivity index (χ0) is 21.5. The highest BCUT2D eigenvalue weighted by Gasteiger charge is 2.24. The molecule has 0 aromatic heterocycles. The number of likely N-dealkylation sites (N-methyl/N-ethyl adjacent to an activating group) is 1. The highest BCUT2D eigenvalue weighted by molar-refractivity contribution is 5.97.